The SMILES string of the molecule is Clc1cc(Cl)c2ccc(CBr)nc2c1. The van der Waals surface area contributed by atoms with E-state index in [2.05, 4.69) is 20.9 Å². The molecule has 4 heteroatoms. The average molecular weight is 291 g/mol. The highest BCUT2D eigenvalue weighted by Crippen LogP contribution is 2.27. The highest BCUT2D eigenvalue weighted by molar-refractivity contribution is 9.08. The van der Waals surface area contributed by atoms with Crippen LogP contribution in [0, 0.1) is 0 Å². The summed E-state index contributed by atoms with van der Waals surface area (Å²) in [7, 11) is 0. The summed E-state index contributed by atoms with van der Waals surface area (Å²) in [6.07, 6.45) is 0. The van der Waals surface area contributed by atoms with Crippen LogP contribution in [0.2, 0.25) is 10.0 Å². The summed E-state index contributed by atoms with van der Waals surface area (Å²) in [5.41, 5.74) is 1.80. The molecule has 2 aromatic rings. The van der Waals surface area contributed by atoms with E-state index in [1.54, 1.807) is 6.07 Å². The molecule has 0 radical (unpaired) electrons. The smallest absolute Gasteiger partial charge is 0.0735 e. The number of rotatable bonds is 1. The summed E-state index contributed by atoms with van der Waals surface area (Å²) in [4.78, 5) is 4.40. The number of hydrogen-bond acceptors (Lipinski definition) is 1. The number of hydrogen-bond donors (Lipinski definition) is 0. The molecule has 0 aliphatic carbocycles. The van der Waals surface area contributed by atoms with E-state index in [-0.39, 0.29) is 0 Å². The Morgan fingerprint density at radius 2 is 2.00 bits per heavy atom. The maximum absolute atomic E-state index is 6.02. The van der Waals surface area contributed by atoms with Crippen molar-refractivity contribution in [2.24, 2.45) is 0 Å². The molecule has 2 rings (SSSR count). The zero-order valence-electron chi connectivity index (χ0n) is 7.10. The lowest BCUT2D eigenvalue weighted by molar-refractivity contribution is 1.24. The van der Waals surface area contributed by atoms with Crippen LogP contribution in [0.3, 0.4) is 0 Å². The number of benzene rings is 1. The van der Waals surface area contributed by atoms with Gasteiger partial charge in [0.2, 0.25) is 0 Å². The second-order valence-corrected chi connectivity index (χ2v) is 4.29. The summed E-state index contributed by atoms with van der Waals surface area (Å²) in [5.74, 6) is 0. The topological polar surface area (TPSA) is 12.9 Å². The number of alkyl halides is 1. The molecule has 0 aliphatic heterocycles. The van der Waals surface area contributed by atoms with Crippen molar-refractivity contribution in [3.63, 3.8) is 0 Å². The van der Waals surface area contributed by atoms with Crippen molar-refractivity contribution >= 4 is 50.0 Å². The van der Waals surface area contributed by atoms with Gasteiger partial charge < -0.3 is 0 Å². The van der Waals surface area contributed by atoms with E-state index in [9.17, 15) is 0 Å². The second-order valence-electron chi connectivity index (χ2n) is 2.89. The lowest BCUT2D eigenvalue weighted by atomic mass is 10.2. The molecule has 1 nitrogen and oxygen atoms in total. The van der Waals surface area contributed by atoms with E-state index in [4.69, 9.17) is 23.2 Å². The van der Waals surface area contributed by atoms with Gasteiger partial charge in [-0.3, -0.25) is 4.98 Å². The van der Waals surface area contributed by atoms with Gasteiger partial charge in [-0.05, 0) is 24.3 Å². The van der Waals surface area contributed by atoms with Crippen LogP contribution < -0.4 is 0 Å². The predicted molar refractivity (Wildman–Crippen MR) is 64.4 cm³/mol. The molecule has 1 aromatic carbocycles. The Bertz CT molecular complexity index is 485. The molecule has 72 valence electrons. The van der Waals surface area contributed by atoms with Gasteiger partial charge in [0.1, 0.15) is 0 Å². The molecular weight excluding hydrogens is 285 g/mol. The molecule has 0 saturated carbocycles. The Kier molecular flexibility index (Phi) is 2.96. The van der Waals surface area contributed by atoms with E-state index in [1.165, 1.54) is 0 Å². The Labute approximate surface area is 100 Å². The van der Waals surface area contributed by atoms with Gasteiger partial charge in [0.25, 0.3) is 0 Å². The van der Waals surface area contributed by atoms with Gasteiger partial charge in [-0.2, -0.15) is 0 Å². The van der Waals surface area contributed by atoms with Gasteiger partial charge in [0.15, 0.2) is 0 Å². The van der Waals surface area contributed by atoms with Crippen molar-refractivity contribution in [3.8, 4) is 0 Å². The number of nitrogens with zero attached hydrogens (tertiary/aromatic N) is 1. The second kappa shape index (κ2) is 4.05. The van der Waals surface area contributed by atoms with Crippen LogP contribution in [-0.4, -0.2) is 4.98 Å². The first kappa shape index (κ1) is 10.2. The van der Waals surface area contributed by atoms with Gasteiger partial charge in [-0.25, -0.2) is 0 Å². The van der Waals surface area contributed by atoms with Crippen molar-refractivity contribution in [2.75, 3.05) is 0 Å². The molecule has 1 aromatic heterocycles. The summed E-state index contributed by atoms with van der Waals surface area (Å²) >= 11 is 15.3. The Balaban J connectivity index is 2.75. The molecule has 0 amide bonds. The van der Waals surface area contributed by atoms with E-state index < -0.39 is 0 Å². The molecule has 0 spiro atoms. The molecule has 1 heterocycles. The highest BCUT2D eigenvalue weighted by Gasteiger charge is 2.03. The molecule has 14 heavy (non-hydrogen) atoms. The van der Waals surface area contributed by atoms with E-state index in [0.717, 1.165) is 21.9 Å². The van der Waals surface area contributed by atoms with E-state index in [0.29, 0.717) is 10.0 Å². The minimum absolute atomic E-state index is 0.613. The molecule has 0 atom stereocenters. The molecular formula is C10H6BrCl2N. The van der Waals surface area contributed by atoms with Crippen molar-refractivity contribution in [1.29, 1.82) is 0 Å². The van der Waals surface area contributed by atoms with Crippen LogP contribution in [0.15, 0.2) is 24.3 Å². The first-order valence-electron chi connectivity index (χ1n) is 4.01. The standard InChI is InChI=1S/C10H6BrCl2N/c11-5-7-1-2-8-9(13)3-6(12)4-10(8)14-7/h1-4H,5H2. The Morgan fingerprint density at radius 1 is 1.21 bits per heavy atom. The first-order valence-corrected chi connectivity index (χ1v) is 5.89. The van der Waals surface area contributed by atoms with Gasteiger partial charge in [0.05, 0.1) is 16.2 Å². The van der Waals surface area contributed by atoms with Crippen LogP contribution in [0.25, 0.3) is 10.9 Å². The zero-order valence-corrected chi connectivity index (χ0v) is 10.2. The molecule has 0 N–H and O–H groups in total. The van der Waals surface area contributed by atoms with Gasteiger partial charge in [0, 0.05) is 15.7 Å². The monoisotopic (exact) mass is 289 g/mol. The van der Waals surface area contributed by atoms with Gasteiger partial charge in [-0.1, -0.05) is 39.1 Å². The first-order chi connectivity index (χ1) is 6.70. The maximum Gasteiger partial charge on any atom is 0.0735 e. The minimum atomic E-state index is 0.613. The fraction of sp³-hybridized carbons (Fsp3) is 0.100. The lowest BCUT2D eigenvalue weighted by Crippen LogP contribution is -1.86. The highest BCUT2D eigenvalue weighted by atomic mass is 79.9. The number of fused-ring (bicyclic) bond motifs is 1. The van der Waals surface area contributed by atoms with Crippen LogP contribution in [0.5, 0.6) is 0 Å². The maximum atomic E-state index is 6.02. The van der Waals surface area contributed by atoms with E-state index in [1.807, 2.05) is 18.2 Å². The van der Waals surface area contributed by atoms with Crippen molar-refractivity contribution in [2.45, 2.75) is 5.33 Å². The summed E-state index contributed by atoms with van der Waals surface area (Å²) in [6.45, 7) is 0. The fourth-order valence-electron chi connectivity index (χ4n) is 1.27. The van der Waals surface area contributed by atoms with Crippen molar-refractivity contribution < 1.29 is 0 Å². The number of halogens is 3. The quantitative estimate of drug-likeness (QED) is 0.708. The third kappa shape index (κ3) is 1.88. The van der Waals surface area contributed by atoms with Crippen LogP contribution in [0.1, 0.15) is 5.69 Å². The summed E-state index contributed by atoms with van der Waals surface area (Å²) in [6, 6.07) is 7.43. The van der Waals surface area contributed by atoms with Crippen molar-refractivity contribution in [1.82, 2.24) is 4.98 Å². The molecule has 0 bridgehead atoms. The molecule has 0 fully saturated rings. The summed E-state index contributed by atoms with van der Waals surface area (Å²) < 4.78 is 0. The fourth-order valence-corrected chi connectivity index (χ4v) is 2.13. The minimum Gasteiger partial charge on any atom is -0.252 e. The Morgan fingerprint density at radius 3 is 2.71 bits per heavy atom. The Hall–Kier alpha value is -0.310. The predicted octanol–water partition coefficient (Wildman–Crippen LogP) is 4.44. The van der Waals surface area contributed by atoms with Gasteiger partial charge in [-0.15, -0.1) is 0 Å². The van der Waals surface area contributed by atoms with Crippen LogP contribution in [-0.2, 0) is 5.33 Å². The molecule has 0 unspecified atom stereocenters. The van der Waals surface area contributed by atoms with E-state index >= 15 is 0 Å². The summed E-state index contributed by atoms with van der Waals surface area (Å²) in [5, 5.41) is 2.91. The van der Waals surface area contributed by atoms with Crippen molar-refractivity contribution in [3.05, 3.63) is 40.0 Å². The van der Waals surface area contributed by atoms with Gasteiger partial charge >= 0.3 is 0 Å². The number of aromatic nitrogens is 1. The normalized spacial score (nSPS) is 10.8. The molecule has 0 aliphatic rings. The molecule has 0 saturated heterocycles. The third-order valence-electron chi connectivity index (χ3n) is 1.92. The zero-order chi connectivity index (χ0) is 10.1. The third-order valence-corrected chi connectivity index (χ3v) is 3.02. The lowest BCUT2D eigenvalue weighted by Gasteiger charge is -2.02. The average Bonchev–Trinajstić information content (AvgIpc) is 2.16. The largest absolute Gasteiger partial charge is 0.252 e. The van der Waals surface area contributed by atoms with Crippen LogP contribution in [0.4, 0.5) is 0 Å². The number of pyridine rings is 1. The van der Waals surface area contributed by atoms with Crippen LogP contribution >= 0.6 is 39.1 Å².